The van der Waals surface area contributed by atoms with Crippen molar-refractivity contribution in [2.24, 2.45) is 17.6 Å². The molecule has 13 N–H and O–H groups in total. The molecular formula is C75H87F2N13O15. The maximum Gasteiger partial charge on any atom is 0.304 e. The largest absolute Gasteiger partial charge is 0.497 e. The van der Waals surface area contributed by atoms with Crippen LogP contribution in [0.4, 0.5) is 8.78 Å². The second-order valence-corrected chi connectivity index (χ2v) is 27.2. The van der Waals surface area contributed by atoms with Gasteiger partial charge in [-0.1, -0.05) is 49.2 Å². The zero-order valence-electron chi connectivity index (χ0n) is 58.6. The van der Waals surface area contributed by atoms with Crippen LogP contribution in [0.25, 0.3) is 21.8 Å². The van der Waals surface area contributed by atoms with Gasteiger partial charge < -0.3 is 77.4 Å². The fourth-order valence-corrected chi connectivity index (χ4v) is 13.3. The number of ether oxygens (including phenoxy) is 1. The summed E-state index contributed by atoms with van der Waals surface area (Å²) in [5.74, 6) is -14.6. The number of ketones is 3. The van der Waals surface area contributed by atoms with Crippen molar-refractivity contribution in [2.75, 3.05) is 13.7 Å². The number of carboxylic acids is 1. The maximum absolute atomic E-state index is 15.3. The Hall–Kier alpha value is -11.5. The van der Waals surface area contributed by atoms with Crippen LogP contribution in [0, 0.1) is 23.5 Å². The van der Waals surface area contributed by atoms with Crippen molar-refractivity contribution < 1.29 is 81.0 Å². The third-order valence-electron chi connectivity index (χ3n) is 19.2. The number of aromatic amines is 3. The number of H-pyrrole nitrogens is 3. The predicted octanol–water partition coefficient (Wildman–Crippen LogP) is 4.15. The predicted molar refractivity (Wildman–Crippen MR) is 378 cm³/mol. The highest BCUT2D eigenvalue weighted by molar-refractivity contribution is 6.01. The molecule has 0 aliphatic carbocycles. The lowest BCUT2D eigenvalue weighted by molar-refractivity contribution is -0.147. The molecule has 9 atom stereocenters. The van der Waals surface area contributed by atoms with E-state index in [-0.39, 0.29) is 99.1 Å². The number of hydrogen-bond donors (Lipinski definition) is 12. The molecule has 1 fully saturated rings. The van der Waals surface area contributed by atoms with Crippen LogP contribution in [0.5, 0.6) is 5.75 Å². The third kappa shape index (κ3) is 21.1. The average molecular weight is 1450 g/mol. The molecule has 0 radical (unpaired) electrons. The minimum Gasteiger partial charge on any atom is -0.497 e. The first kappa shape index (κ1) is 77.7. The van der Waals surface area contributed by atoms with E-state index in [0.29, 0.717) is 63.7 Å². The second-order valence-electron chi connectivity index (χ2n) is 27.2. The summed E-state index contributed by atoms with van der Waals surface area (Å²) in [4.78, 5) is 198. The molecule has 1 saturated heterocycles. The Bertz CT molecular complexity index is 4370. The van der Waals surface area contributed by atoms with E-state index < -0.39 is 156 Å². The van der Waals surface area contributed by atoms with Gasteiger partial charge >= 0.3 is 5.97 Å². The first-order valence-corrected chi connectivity index (χ1v) is 34.8. The number of nitrogens with zero attached hydrogens (tertiary/aromatic N) is 2. The Morgan fingerprint density at radius 1 is 0.648 bits per heavy atom. The van der Waals surface area contributed by atoms with Crippen LogP contribution in [0.3, 0.4) is 0 Å². The molecule has 3 aromatic heterocycles. The van der Waals surface area contributed by atoms with Crippen LogP contribution in [-0.4, -0.2) is 162 Å². The number of carbonyl (C=O) groups is 13. The topological polar surface area (TPSA) is 425 Å². The van der Waals surface area contributed by atoms with E-state index in [9.17, 15) is 52.6 Å². The number of carboxylic acid groups (broad SMARTS) is 1. The molecule has 105 heavy (non-hydrogen) atoms. The number of Topliss-reactive ketones (excluding diaryl/α,β-unsaturated/α-hetero) is 3. The molecule has 30 heteroatoms. The van der Waals surface area contributed by atoms with Crippen LogP contribution in [0.15, 0.2) is 110 Å². The molecule has 0 spiro atoms. The third-order valence-corrected chi connectivity index (χ3v) is 19.2. The summed E-state index contributed by atoms with van der Waals surface area (Å²) in [7, 11) is 1.45. The first-order valence-electron chi connectivity index (χ1n) is 34.8. The summed E-state index contributed by atoms with van der Waals surface area (Å²) in [6, 6.07) is 11.6. The summed E-state index contributed by atoms with van der Waals surface area (Å²) in [6.07, 6.45) is 3.59. The van der Waals surface area contributed by atoms with Gasteiger partial charge in [-0.25, -0.2) is 13.8 Å². The summed E-state index contributed by atoms with van der Waals surface area (Å²) in [5, 5.41) is 29.7. The van der Waals surface area contributed by atoms with E-state index in [2.05, 4.69) is 57.2 Å². The SMILES string of the molecule is COc1ccc(C[C@@H]2NC(=O)[C@H](Cc3cnc[nH]3)NC(=O)[C@H](CC(=O)O)CC(=O)[C@H](Cc3c[nH]c4ccc(F)cc34)NC(=O)[C@H](Cc3c[nH]c4ccc(F)cc34)NC(=O)[C@@H](C)NC(=O)[C@H](CC(C)=O)CCCCCC(=O)Cc3ccc(cc3)CNC(=O)C[C@@H](C(N)=O)NC(=O)[C@]3(C)CCCN3C2=O)cc1. The molecule has 0 saturated carbocycles. The lowest BCUT2D eigenvalue weighted by Crippen LogP contribution is -2.63. The number of methoxy groups -OCH3 is 1. The van der Waals surface area contributed by atoms with Gasteiger partial charge in [0, 0.05) is 116 Å². The number of benzene rings is 4. The molecule has 2 bridgehead atoms. The Morgan fingerprint density at radius 2 is 1.25 bits per heavy atom. The van der Waals surface area contributed by atoms with Gasteiger partial charge in [0.25, 0.3) is 0 Å². The molecule has 6 heterocycles. The Kier molecular flexibility index (Phi) is 26.4. The van der Waals surface area contributed by atoms with Crippen molar-refractivity contribution >= 4 is 98.3 Å². The van der Waals surface area contributed by atoms with Crippen LogP contribution in [-0.2, 0) is 101 Å². The maximum atomic E-state index is 15.3. The molecule has 0 unspecified atom stereocenters. The van der Waals surface area contributed by atoms with Gasteiger partial charge in [-0.15, -0.1) is 0 Å². The lowest BCUT2D eigenvalue weighted by atomic mass is 9.91. The van der Waals surface area contributed by atoms with E-state index >= 15 is 23.6 Å². The molecule has 4 aromatic carbocycles. The van der Waals surface area contributed by atoms with Crippen molar-refractivity contribution in [3.05, 3.63) is 155 Å². The quantitative estimate of drug-likeness (QED) is 0.0680. The van der Waals surface area contributed by atoms with Gasteiger partial charge in [-0.2, -0.15) is 0 Å². The number of aromatic nitrogens is 4. The lowest BCUT2D eigenvalue weighted by Gasteiger charge is -2.37. The fraction of sp³-hybridized carbons (Fsp3) is 0.413. The first-order chi connectivity index (χ1) is 50.1. The minimum atomic E-state index is -1.82. The molecular weight excluding hydrogens is 1360 g/mol. The number of primary amides is 1. The van der Waals surface area contributed by atoms with E-state index in [4.69, 9.17) is 10.5 Å². The second kappa shape index (κ2) is 35.6. The van der Waals surface area contributed by atoms with Crippen LogP contribution >= 0.6 is 0 Å². The molecule has 9 amide bonds. The van der Waals surface area contributed by atoms with E-state index in [0.717, 1.165) is 0 Å². The number of nitrogens with two attached hydrogens (primary N) is 1. The monoisotopic (exact) mass is 1450 g/mol. The summed E-state index contributed by atoms with van der Waals surface area (Å²) in [6.45, 7) is 4.08. The average Bonchev–Trinajstić information content (AvgIpc) is 1.72. The van der Waals surface area contributed by atoms with Gasteiger partial charge in [0.2, 0.25) is 53.2 Å². The molecule has 10 rings (SSSR count). The van der Waals surface area contributed by atoms with Crippen molar-refractivity contribution in [3.8, 4) is 5.75 Å². The molecule has 3 aliphatic heterocycles. The summed E-state index contributed by atoms with van der Waals surface area (Å²) in [5.41, 5.74) is 7.62. The number of halogens is 2. The van der Waals surface area contributed by atoms with Gasteiger partial charge in [-0.3, -0.25) is 57.5 Å². The number of imidazole rings is 1. The summed E-state index contributed by atoms with van der Waals surface area (Å²) >= 11 is 0. The number of amides is 9. The number of rotatable bonds is 14. The Balaban J connectivity index is 1.06. The van der Waals surface area contributed by atoms with Gasteiger partial charge in [0.15, 0.2) is 5.78 Å². The van der Waals surface area contributed by atoms with Crippen LogP contribution in [0.1, 0.15) is 125 Å². The highest BCUT2D eigenvalue weighted by Gasteiger charge is 2.49. The van der Waals surface area contributed by atoms with E-state index in [1.807, 2.05) is 0 Å². The smallest absolute Gasteiger partial charge is 0.304 e. The van der Waals surface area contributed by atoms with Gasteiger partial charge in [-0.05, 0) is 123 Å². The van der Waals surface area contributed by atoms with Gasteiger partial charge in [0.1, 0.15) is 64.7 Å². The van der Waals surface area contributed by atoms with Crippen molar-refractivity contribution in [3.63, 3.8) is 0 Å². The molecule has 3 aliphatic rings. The Morgan fingerprint density at radius 3 is 1.86 bits per heavy atom. The zero-order chi connectivity index (χ0) is 75.6. The fourth-order valence-electron chi connectivity index (χ4n) is 13.3. The normalized spacial score (nSPS) is 23.3. The van der Waals surface area contributed by atoms with Crippen molar-refractivity contribution in [2.45, 2.75) is 172 Å². The molecule has 7 aromatic rings. The summed E-state index contributed by atoms with van der Waals surface area (Å²) < 4.78 is 35.3. The van der Waals surface area contributed by atoms with Crippen LogP contribution in [0.2, 0.25) is 0 Å². The minimum absolute atomic E-state index is 0.00822. The number of aliphatic carboxylic acids is 1. The standard InChI is InChI=1S/C75H87F2N13O15/c1-41(91)25-46-9-6-5-7-10-53(92)26-43-11-13-45(14-12-43)36-82-65(94)35-60(67(78)97)89-74(104)75(3)23-8-24-90(75)73(103)63(27-44-15-19-54(105-4)20-16-44)88-72(102)62(34-52-39-79-40-83-52)87-70(100)47(31-66(95)96)30-64(93)59(28-48-37-80-57-21-17-50(76)32-55(48)57)85-71(101)61(86-68(98)42(2)84-69(46)99)29-49-38-81-58-22-18-51(77)33-56(49)58/h11-22,32-33,37-40,42,46-47,59-63,80-81H,5-10,23-31,34-36H2,1-4H3,(H2,78,97)(H,79,83)(H,82,94)(H,84,99)(H,85,101)(H,86,98)(H,87,100)(H,88,102)(H,89,104)(H,95,96)/t42-,46+,47+,59+,60+,61+,62+,63+,75+/m1/s1. The van der Waals surface area contributed by atoms with Crippen molar-refractivity contribution in [1.29, 1.82) is 0 Å². The zero-order valence-corrected chi connectivity index (χ0v) is 58.6. The number of hydrogen-bond acceptors (Lipinski definition) is 15. The Labute approximate surface area is 602 Å². The molecule has 556 valence electrons. The van der Waals surface area contributed by atoms with E-state index in [1.54, 1.807) is 48.5 Å². The van der Waals surface area contributed by atoms with Crippen molar-refractivity contribution in [1.82, 2.24) is 62.1 Å². The number of fused-ring (bicyclic) bond motifs is 36. The highest BCUT2D eigenvalue weighted by atomic mass is 19.1. The number of nitrogens with one attached hydrogen (secondary N) is 10. The molecule has 28 nitrogen and oxygen atoms in total. The van der Waals surface area contributed by atoms with Gasteiger partial charge in [0.05, 0.1) is 38.2 Å². The highest BCUT2D eigenvalue weighted by Crippen LogP contribution is 2.32. The number of carbonyl (C=O) groups excluding carboxylic acids is 12. The van der Waals surface area contributed by atoms with Crippen LogP contribution < -0.4 is 47.7 Å². The van der Waals surface area contributed by atoms with E-state index in [1.165, 1.54) is 94.1 Å².